The van der Waals surface area contributed by atoms with E-state index in [-0.39, 0.29) is 29.7 Å². The highest BCUT2D eigenvalue weighted by molar-refractivity contribution is 9.10. The number of hydrazine groups is 1. The van der Waals surface area contributed by atoms with Crippen molar-refractivity contribution < 1.29 is 14.3 Å². The van der Waals surface area contributed by atoms with Crippen LogP contribution in [0.4, 0.5) is 11.4 Å². The Kier molecular flexibility index (Phi) is 6.48. The lowest BCUT2D eigenvalue weighted by atomic mass is 9.84. The zero-order chi connectivity index (χ0) is 21.1. The number of anilines is 2. The first-order chi connectivity index (χ1) is 14.6. The summed E-state index contributed by atoms with van der Waals surface area (Å²) in [5.41, 5.74) is 4.84. The van der Waals surface area contributed by atoms with Crippen molar-refractivity contribution in [2.45, 2.75) is 6.04 Å². The van der Waals surface area contributed by atoms with Gasteiger partial charge in [0, 0.05) is 36.9 Å². The van der Waals surface area contributed by atoms with Gasteiger partial charge in [-0.05, 0) is 36.4 Å². The van der Waals surface area contributed by atoms with Crippen molar-refractivity contribution in [3.05, 3.63) is 59.1 Å². The van der Waals surface area contributed by atoms with Crippen LogP contribution in [0, 0.1) is 11.8 Å². The molecule has 2 fully saturated rings. The van der Waals surface area contributed by atoms with E-state index in [2.05, 4.69) is 31.6 Å². The van der Waals surface area contributed by atoms with Gasteiger partial charge in [-0.25, -0.2) is 10.4 Å². The maximum absolute atomic E-state index is 13.2. The molecular weight excluding hydrogens is 448 g/mol. The molecule has 0 bridgehead atoms. The third-order valence-corrected chi connectivity index (χ3v) is 6.20. The molecule has 7 nitrogen and oxygen atoms in total. The van der Waals surface area contributed by atoms with Crippen molar-refractivity contribution in [2.24, 2.45) is 11.8 Å². The molecule has 3 atom stereocenters. The summed E-state index contributed by atoms with van der Waals surface area (Å²) in [6, 6.07) is 16.7. The van der Waals surface area contributed by atoms with Crippen molar-refractivity contribution in [1.82, 2.24) is 10.3 Å². The molecule has 2 aliphatic heterocycles. The van der Waals surface area contributed by atoms with Crippen LogP contribution < -0.4 is 15.8 Å². The Bertz CT molecular complexity index is 893. The number of amides is 2. The van der Waals surface area contributed by atoms with Crippen LogP contribution in [0.2, 0.25) is 0 Å². The van der Waals surface area contributed by atoms with E-state index in [1.165, 1.54) is 0 Å². The van der Waals surface area contributed by atoms with Gasteiger partial charge in [0.1, 0.15) is 0 Å². The first kappa shape index (κ1) is 21.0. The summed E-state index contributed by atoms with van der Waals surface area (Å²) < 4.78 is 6.17. The van der Waals surface area contributed by atoms with Crippen LogP contribution in [0.25, 0.3) is 0 Å². The van der Waals surface area contributed by atoms with Crippen LogP contribution in [0.5, 0.6) is 0 Å². The number of piperidine rings is 1. The van der Waals surface area contributed by atoms with Crippen molar-refractivity contribution in [3.63, 3.8) is 0 Å². The van der Waals surface area contributed by atoms with Gasteiger partial charge >= 0.3 is 0 Å². The number of benzene rings is 2. The predicted molar refractivity (Wildman–Crippen MR) is 119 cm³/mol. The van der Waals surface area contributed by atoms with E-state index in [4.69, 9.17) is 4.74 Å². The third-order valence-electron chi connectivity index (χ3n) is 5.67. The van der Waals surface area contributed by atoms with E-state index in [0.29, 0.717) is 26.2 Å². The van der Waals surface area contributed by atoms with Crippen LogP contribution in [0.15, 0.2) is 59.1 Å². The molecule has 0 aliphatic carbocycles. The number of methoxy groups -OCH3 is 1. The molecule has 0 radical (unpaired) electrons. The van der Waals surface area contributed by atoms with Gasteiger partial charge in [0.2, 0.25) is 11.8 Å². The van der Waals surface area contributed by atoms with E-state index >= 15 is 0 Å². The standard InChI is InChI=1S/C22H25BrN4O3/c1-30-12-11-26-13-18(21(28)24-16-9-7-15(23)8-10-16)20-19(14-26)22(29)27(25-20)17-5-3-2-4-6-17/h2-10,18-20,25H,11-14H2,1H3,(H,24,28). The van der Waals surface area contributed by atoms with Gasteiger partial charge in [-0.15, -0.1) is 0 Å². The van der Waals surface area contributed by atoms with E-state index in [1.54, 1.807) is 12.1 Å². The number of nitrogens with one attached hydrogen (secondary N) is 2. The number of rotatable bonds is 6. The van der Waals surface area contributed by atoms with Gasteiger partial charge in [0.05, 0.1) is 30.2 Å². The van der Waals surface area contributed by atoms with Gasteiger partial charge in [-0.2, -0.15) is 0 Å². The number of carbonyl (C=O) groups is 2. The summed E-state index contributed by atoms with van der Waals surface area (Å²) in [5.74, 6) is -0.766. The van der Waals surface area contributed by atoms with E-state index < -0.39 is 0 Å². The molecule has 2 saturated heterocycles. The maximum atomic E-state index is 13.2. The lowest BCUT2D eigenvalue weighted by Crippen LogP contribution is -2.56. The fourth-order valence-electron chi connectivity index (χ4n) is 4.12. The van der Waals surface area contributed by atoms with Crippen molar-refractivity contribution in [3.8, 4) is 0 Å². The molecule has 30 heavy (non-hydrogen) atoms. The molecule has 0 aromatic heterocycles. The molecular formula is C22H25BrN4O3. The van der Waals surface area contributed by atoms with Crippen LogP contribution in [-0.2, 0) is 14.3 Å². The van der Waals surface area contributed by atoms with Crippen LogP contribution in [-0.4, -0.2) is 56.1 Å². The molecule has 0 spiro atoms. The lowest BCUT2D eigenvalue weighted by Gasteiger charge is -2.38. The molecule has 2 aromatic carbocycles. The molecule has 2 N–H and O–H groups in total. The average Bonchev–Trinajstić information content (AvgIpc) is 3.10. The normalized spacial score (nSPS) is 24.0. The largest absolute Gasteiger partial charge is 0.383 e. The van der Waals surface area contributed by atoms with Gasteiger partial charge in [0.15, 0.2) is 0 Å². The summed E-state index contributed by atoms with van der Waals surface area (Å²) in [4.78, 5) is 28.5. The van der Waals surface area contributed by atoms with E-state index in [9.17, 15) is 9.59 Å². The number of hydrogen-bond donors (Lipinski definition) is 2. The number of likely N-dealkylation sites (tertiary alicyclic amines) is 1. The Labute approximate surface area is 184 Å². The number of carbonyl (C=O) groups excluding carboxylic acids is 2. The first-order valence-corrected chi connectivity index (χ1v) is 10.8. The fourth-order valence-corrected chi connectivity index (χ4v) is 4.39. The summed E-state index contributed by atoms with van der Waals surface area (Å²) >= 11 is 3.41. The van der Waals surface area contributed by atoms with Gasteiger partial charge in [-0.1, -0.05) is 34.1 Å². The Morgan fingerprint density at radius 2 is 1.90 bits per heavy atom. The predicted octanol–water partition coefficient (Wildman–Crippen LogP) is 2.50. The highest BCUT2D eigenvalue weighted by Gasteiger charge is 2.50. The molecule has 4 rings (SSSR count). The maximum Gasteiger partial charge on any atom is 0.247 e. The second kappa shape index (κ2) is 9.26. The topological polar surface area (TPSA) is 73.9 Å². The molecule has 2 aliphatic rings. The second-order valence-electron chi connectivity index (χ2n) is 7.63. The Morgan fingerprint density at radius 3 is 2.60 bits per heavy atom. The Balaban J connectivity index is 1.56. The number of ether oxygens (including phenoxy) is 1. The van der Waals surface area contributed by atoms with Crippen LogP contribution in [0.1, 0.15) is 0 Å². The average molecular weight is 473 g/mol. The summed E-state index contributed by atoms with van der Waals surface area (Å²) in [6.45, 7) is 2.41. The molecule has 2 aromatic rings. The SMILES string of the molecule is COCCN1CC(C(=O)Nc2ccc(Br)cc2)C2NN(c3ccccc3)C(=O)C2C1. The quantitative estimate of drug-likeness (QED) is 0.675. The minimum absolute atomic E-state index is 0.00485. The zero-order valence-electron chi connectivity index (χ0n) is 16.8. The first-order valence-electron chi connectivity index (χ1n) is 9.99. The molecule has 3 unspecified atom stereocenters. The molecule has 0 saturated carbocycles. The van der Waals surface area contributed by atoms with Crippen LogP contribution >= 0.6 is 15.9 Å². The monoisotopic (exact) mass is 472 g/mol. The van der Waals surface area contributed by atoms with Gasteiger partial charge in [-0.3, -0.25) is 14.5 Å². The Hall–Kier alpha value is -2.26. The fraction of sp³-hybridized carbons (Fsp3) is 0.364. The summed E-state index contributed by atoms with van der Waals surface area (Å²) in [5, 5.41) is 4.60. The van der Waals surface area contributed by atoms with E-state index in [0.717, 1.165) is 15.8 Å². The highest BCUT2D eigenvalue weighted by atomic mass is 79.9. The molecule has 8 heteroatoms. The van der Waals surface area contributed by atoms with Crippen LogP contribution in [0.3, 0.4) is 0 Å². The molecule has 2 amide bonds. The second-order valence-corrected chi connectivity index (χ2v) is 8.54. The van der Waals surface area contributed by atoms with Gasteiger partial charge < -0.3 is 10.1 Å². The summed E-state index contributed by atoms with van der Waals surface area (Å²) in [7, 11) is 1.66. The van der Waals surface area contributed by atoms with E-state index in [1.807, 2.05) is 54.6 Å². The third kappa shape index (κ3) is 4.41. The minimum atomic E-state index is -0.373. The van der Waals surface area contributed by atoms with Gasteiger partial charge in [0.25, 0.3) is 0 Å². The summed E-state index contributed by atoms with van der Waals surface area (Å²) in [6.07, 6.45) is 0. The van der Waals surface area contributed by atoms with Crippen molar-refractivity contribution >= 4 is 39.1 Å². The number of halogens is 1. The number of hydrogen-bond acceptors (Lipinski definition) is 5. The van der Waals surface area contributed by atoms with Crippen molar-refractivity contribution in [1.29, 1.82) is 0 Å². The lowest BCUT2D eigenvalue weighted by molar-refractivity contribution is -0.126. The zero-order valence-corrected chi connectivity index (χ0v) is 18.3. The number of fused-ring (bicyclic) bond motifs is 1. The smallest absolute Gasteiger partial charge is 0.247 e. The Morgan fingerprint density at radius 1 is 1.17 bits per heavy atom. The number of para-hydroxylation sites is 1. The minimum Gasteiger partial charge on any atom is -0.383 e. The number of nitrogens with zero attached hydrogens (tertiary/aromatic N) is 2. The van der Waals surface area contributed by atoms with Crippen molar-refractivity contribution in [2.75, 3.05) is 43.7 Å². The molecule has 158 valence electrons. The molecule has 2 heterocycles. The highest BCUT2D eigenvalue weighted by Crippen LogP contribution is 2.32.